The lowest BCUT2D eigenvalue weighted by molar-refractivity contribution is -0.274. The Morgan fingerprint density at radius 1 is 1.24 bits per heavy atom. The van der Waals surface area contributed by atoms with E-state index in [1.807, 2.05) is 20.8 Å². The summed E-state index contributed by atoms with van der Waals surface area (Å²) in [5.41, 5.74) is 1.49. The SMILES string of the molecule is CC.CCC(CCN1CCCC1CC)CC(C)/C=C(/C)N(N)c1ccc(OC(F)(F)F)cc1. The minimum atomic E-state index is -4.70. The highest BCUT2D eigenvalue weighted by Gasteiger charge is 2.31. The fraction of sp³-hybridized carbons (Fsp3) is 0.692. The van der Waals surface area contributed by atoms with E-state index in [2.05, 4.69) is 36.5 Å². The van der Waals surface area contributed by atoms with Crippen LogP contribution in [0.4, 0.5) is 18.9 Å². The van der Waals surface area contributed by atoms with E-state index in [1.165, 1.54) is 68.0 Å². The van der Waals surface area contributed by atoms with Crippen molar-refractivity contribution >= 4 is 5.69 Å². The lowest BCUT2D eigenvalue weighted by atomic mass is 9.90. The Morgan fingerprint density at radius 3 is 2.42 bits per heavy atom. The van der Waals surface area contributed by atoms with E-state index in [4.69, 9.17) is 5.84 Å². The molecule has 0 radical (unpaired) electrons. The summed E-state index contributed by atoms with van der Waals surface area (Å²) in [5.74, 6) is 6.97. The van der Waals surface area contributed by atoms with Crippen molar-refractivity contribution in [2.75, 3.05) is 18.1 Å². The first-order chi connectivity index (χ1) is 15.6. The van der Waals surface area contributed by atoms with Gasteiger partial charge in [-0.05, 0) is 88.2 Å². The number of ether oxygens (including phenoxy) is 1. The number of allylic oxidation sites excluding steroid dienone is 2. The van der Waals surface area contributed by atoms with Crippen LogP contribution in [0.3, 0.4) is 0 Å². The van der Waals surface area contributed by atoms with Crippen LogP contribution >= 0.6 is 0 Å². The number of nitrogens with two attached hydrogens (primary N) is 1. The summed E-state index contributed by atoms with van der Waals surface area (Å²) in [5, 5.41) is 1.50. The smallest absolute Gasteiger partial charge is 0.406 e. The quantitative estimate of drug-likeness (QED) is 0.268. The number of benzene rings is 1. The zero-order valence-electron chi connectivity index (χ0n) is 21.3. The van der Waals surface area contributed by atoms with Crippen molar-refractivity contribution < 1.29 is 17.9 Å². The molecule has 0 spiro atoms. The number of hydrogen-bond acceptors (Lipinski definition) is 4. The standard InChI is InChI=1S/C24H38F3N3O.C2H6/c1-5-20(13-15-29-14-7-8-21(29)6-2)17-18(3)16-19(4)30(28)22-9-11-23(12-10-22)31-24(25,26)27;1-2/h9-12,16,18,20-21H,5-8,13-15,17,28H2,1-4H3;1-2H3/b19-16-;. The second-order valence-corrected chi connectivity index (χ2v) is 8.74. The maximum atomic E-state index is 12.3. The number of rotatable bonds is 11. The molecule has 1 aromatic rings. The van der Waals surface area contributed by atoms with Crippen molar-refractivity contribution in [2.45, 2.75) is 92.5 Å². The molecule has 1 saturated heterocycles. The van der Waals surface area contributed by atoms with Gasteiger partial charge in [0.15, 0.2) is 0 Å². The fourth-order valence-electron chi connectivity index (χ4n) is 4.59. The third kappa shape index (κ3) is 10.4. The van der Waals surface area contributed by atoms with Crippen LogP contribution in [0.2, 0.25) is 0 Å². The number of nitrogens with zero attached hydrogens (tertiary/aromatic N) is 2. The van der Waals surface area contributed by atoms with E-state index in [0.29, 0.717) is 17.5 Å². The Bertz CT molecular complexity index is 691. The normalized spacial score (nSPS) is 19.0. The third-order valence-corrected chi connectivity index (χ3v) is 6.33. The van der Waals surface area contributed by atoms with E-state index >= 15 is 0 Å². The van der Waals surface area contributed by atoms with Gasteiger partial charge in [0.2, 0.25) is 0 Å². The molecule has 0 aliphatic carbocycles. The molecule has 1 aliphatic rings. The molecule has 7 heteroatoms. The van der Waals surface area contributed by atoms with Crippen molar-refractivity contribution in [1.82, 2.24) is 4.90 Å². The number of likely N-dealkylation sites (tertiary alicyclic amines) is 1. The van der Waals surface area contributed by atoms with Gasteiger partial charge < -0.3 is 9.64 Å². The molecular formula is C26H44F3N3O. The molecule has 1 heterocycles. The first-order valence-corrected chi connectivity index (χ1v) is 12.5. The summed E-state index contributed by atoms with van der Waals surface area (Å²) < 4.78 is 40.9. The average Bonchev–Trinajstić information content (AvgIpc) is 3.24. The van der Waals surface area contributed by atoms with Gasteiger partial charge in [-0.1, -0.05) is 47.1 Å². The van der Waals surface area contributed by atoms with Crippen LogP contribution < -0.4 is 15.6 Å². The largest absolute Gasteiger partial charge is 0.573 e. The molecular weight excluding hydrogens is 427 g/mol. The number of alkyl halides is 3. The van der Waals surface area contributed by atoms with E-state index in [-0.39, 0.29) is 5.75 Å². The molecule has 0 saturated carbocycles. The molecule has 4 nitrogen and oxygen atoms in total. The number of anilines is 1. The van der Waals surface area contributed by atoms with E-state index in [1.54, 1.807) is 0 Å². The summed E-state index contributed by atoms with van der Waals surface area (Å²) in [6.45, 7) is 15.1. The molecule has 1 aliphatic heterocycles. The van der Waals surface area contributed by atoms with Crippen molar-refractivity contribution in [3.63, 3.8) is 0 Å². The zero-order chi connectivity index (χ0) is 25.0. The van der Waals surface area contributed by atoms with Gasteiger partial charge in [-0.3, -0.25) is 5.01 Å². The second-order valence-electron chi connectivity index (χ2n) is 8.74. The van der Waals surface area contributed by atoms with Crippen LogP contribution in [0, 0.1) is 11.8 Å². The van der Waals surface area contributed by atoms with Gasteiger partial charge in [0.05, 0.1) is 5.69 Å². The number of halogens is 3. The van der Waals surface area contributed by atoms with Gasteiger partial charge in [-0.15, -0.1) is 13.2 Å². The van der Waals surface area contributed by atoms with Crippen LogP contribution in [0.1, 0.15) is 80.1 Å². The summed E-state index contributed by atoms with van der Waals surface area (Å²) in [6.07, 6.45) is 4.83. The van der Waals surface area contributed by atoms with Gasteiger partial charge in [0.25, 0.3) is 0 Å². The predicted molar refractivity (Wildman–Crippen MR) is 132 cm³/mol. The van der Waals surface area contributed by atoms with Crippen molar-refractivity contribution in [2.24, 2.45) is 17.7 Å². The van der Waals surface area contributed by atoms with Gasteiger partial charge in [0, 0.05) is 11.7 Å². The van der Waals surface area contributed by atoms with Crippen LogP contribution in [0.25, 0.3) is 0 Å². The molecule has 2 rings (SSSR count). The number of hydrogen-bond donors (Lipinski definition) is 1. The Kier molecular flexibility index (Phi) is 12.9. The maximum absolute atomic E-state index is 12.3. The second kappa shape index (κ2) is 14.5. The number of hydrazine groups is 1. The minimum Gasteiger partial charge on any atom is -0.406 e. The molecule has 1 aromatic carbocycles. The molecule has 3 unspecified atom stereocenters. The van der Waals surface area contributed by atoms with Crippen molar-refractivity contribution in [3.05, 3.63) is 36.0 Å². The summed E-state index contributed by atoms with van der Waals surface area (Å²) in [6, 6.07) is 6.36. The fourth-order valence-corrected chi connectivity index (χ4v) is 4.59. The van der Waals surface area contributed by atoms with E-state index in [9.17, 15) is 13.2 Å². The summed E-state index contributed by atoms with van der Waals surface area (Å²) >= 11 is 0. The van der Waals surface area contributed by atoms with E-state index < -0.39 is 6.36 Å². The topological polar surface area (TPSA) is 41.7 Å². The molecule has 0 bridgehead atoms. The zero-order valence-corrected chi connectivity index (χ0v) is 21.3. The predicted octanol–water partition coefficient (Wildman–Crippen LogP) is 7.51. The third-order valence-electron chi connectivity index (χ3n) is 6.33. The lowest BCUT2D eigenvalue weighted by Crippen LogP contribution is -2.31. The minimum absolute atomic E-state index is 0.256. The van der Waals surface area contributed by atoms with Crippen molar-refractivity contribution in [1.29, 1.82) is 0 Å². The Labute approximate surface area is 198 Å². The van der Waals surface area contributed by atoms with Gasteiger partial charge >= 0.3 is 6.36 Å². The molecule has 2 N–H and O–H groups in total. The lowest BCUT2D eigenvalue weighted by Gasteiger charge is -2.27. The monoisotopic (exact) mass is 471 g/mol. The Morgan fingerprint density at radius 2 is 1.88 bits per heavy atom. The highest BCUT2D eigenvalue weighted by molar-refractivity contribution is 5.52. The maximum Gasteiger partial charge on any atom is 0.573 e. The van der Waals surface area contributed by atoms with E-state index in [0.717, 1.165) is 24.6 Å². The molecule has 0 amide bonds. The van der Waals surface area contributed by atoms with Crippen molar-refractivity contribution in [3.8, 4) is 5.75 Å². The van der Waals surface area contributed by atoms with Crippen LogP contribution in [0.5, 0.6) is 5.75 Å². The van der Waals surface area contributed by atoms with Gasteiger partial charge in [-0.25, -0.2) is 5.84 Å². The van der Waals surface area contributed by atoms with Gasteiger partial charge in [0.1, 0.15) is 5.75 Å². The van der Waals surface area contributed by atoms with Crippen LogP contribution in [-0.2, 0) is 0 Å². The molecule has 1 fully saturated rings. The van der Waals surface area contributed by atoms with Crippen LogP contribution in [-0.4, -0.2) is 30.4 Å². The average molecular weight is 472 g/mol. The molecule has 0 aromatic heterocycles. The molecule has 3 atom stereocenters. The first kappa shape index (κ1) is 29.3. The highest BCUT2D eigenvalue weighted by atomic mass is 19.4. The highest BCUT2D eigenvalue weighted by Crippen LogP contribution is 2.28. The Balaban J connectivity index is 0.00000265. The Hall–Kier alpha value is -1.73. The van der Waals surface area contributed by atoms with Crippen LogP contribution in [0.15, 0.2) is 36.0 Å². The molecule has 33 heavy (non-hydrogen) atoms. The first-order valence-electron chi connectivity index (χ1n) is 12.5. The molecule has 190 valence electrons. The van der Waals surface area contributed by atoms with Gasteiger partial charge in [-0.2, -0.15) is 0 Å². The summed E-state index contributed by atoms with van der Waals surface area (Å²) in [7, 11) is 0. The summed E-state index contributed by atoms with van der Waals surface area (Å²) in [4.78, 5) is 2.65.